The summed E-state index contributed by atoms with van der Waals surface area (Å²) in [5.74, 6) is -1.45. The molecule has 7 heteroatoms. The summed E-state index contributed by atoms with van der Waals surface area (Å²) in [6.45, 7) is 4.02. The van der Waals surface area contributed by atoms with Crippen molar-refractivity contribution in [2.75, 3.05) is 31.1 Å². The normalized spacial score (nSPS) is 29.0. The summed E-state index contributed by atoms with van der Waals surface area (Å²) in [6.07, 6.45) is 2.14. The molecular formula is C21H23F3N2O2. The van der Waals surface area contributed by atoms with Crippen molar-refractivity contribution in [2.45, 2.75) is 31.0 Å². The van der Waals surface area contributed by atoms with Crippen molar-refractivity contribution in [1.29, 1.82) is 0 Å². The van der Waals surface area contributed by atoms with Gasteiger partial charge in [0.2, 0.25) is 5.91 Å². The van der Waals surface area contributed by atoms with E-state index in [1.807, 2.05) is 17.9 Å². The summed E-state index contributed by atoms with van der Waals surface area (Å²) in [6, 6.07) is 5.01. The number of alkyl halides is 3. The molecule has 0 saturated carbocycles. The van der Waals surface area contributed by atoms with Gasteiger partial charge in [-0.15, -0.1) is 0 Å². The summed E-state index contributed by atoms with van der Waals surface area (Å²) in [7, 11) is 0. The lowest BCUT2D eigenvalue weighted by Crippen LogP contribution is -2.49. The van der Waals surface area contributed by atoms with Crippen molar-refractivity contribution < 1.29 is 23.1 Å². The Morgan fingerprint density at radius 1 is 1.18 bits per heavy atom. The molecule has 1 aliphatic heterocycles. The molecule has 3 aliphatic rings. The van der Waals surface area contributed by atoms with Crippen LogP contribution in [0.25, 0.3) is 0 Å². The maximum absolute atomic E-state index is 14.0. The minimum Gasteiger partial charge on any atom is -0.376 e. The molecule has 3 atom stereocenters. The lowest BCUT2D eigenvalue weighted by molar-refractivity contribution is -0.278. The van der Waals surface area contributed by atoms with Crippen molar-refractivity contribution in [3.63, 3.8) is 0 Å². The third kappa shape index (κ3) is 2.75. The highest BCUT2D eigenvalue weighted by molar-refractivity contribution is 5.76. The van der Waals surface area contributed by atoms with Gasteiger partial charge < -0.3 is 14.9 Å². The van der Waals surface area contributed by atoms with Crippen LogP contribution >= 0.6 is 0 Å². The molecule has 0 spiro atoms. The number of allylic oxidation sites excluding steroid dienone is 3. The number of piperazine rings is 1. The molecule has 0 aromatic heterocycles. The molecule has 3 unspecified atom stereocenters. The van der Waals surface area contributed by atoms with E-state index in [4.69, 9.17) is 0 Å². The van der Waals surface area contributed by atoms with Gasteiger partial charge in [0.1, 0.15) is 0 Å². The van der Waals surface area contributed by atoms with Crippen LogP contribution in [0, 0.1) is 5.92 Å². The van der Waals surface area contributed by atoms with Gasteiger partial charge in [-0.1, -0.05) is 37.3 Å². The molecule has 1 saturated heterocycles. The van der Waals surface area contributed by atoms with Crippen LogP contribution in [-0.2, 0) is 10.4 Å². The summed E-state index contributed by atoms with van der Waals surface area (Å²) >= 11 is 0. The minimum absolute atomic E-state index is 0.0595. The summed E-state index contributed by atoms with van der Waals surface area (Å²) < 4.78 is 41.9. The van der Waals surface area contributed by atoms with Gasteiger partial charge >= 0.3 is 6.18 Å². The van der Waals surface area contributed by atoms with E-state index in [1.54, 1.807) is 29.2 Å². The number of amides is 1. The maximum atomic E-state index is 14.0. The smallest absolute Gasteiger partial charge is 0.376 e. The number of hydrogen-bond donors (Lipinski definition) is 1. The molecule has 4 rings (SSSR count). The van der Waals surface area contributed by atoms with Crippen molar-refractivity contribution >= 4 is 11.6 Å². The molecule has 1 heterocycles. The second kappa shape index (κ2) is 6.65. The van der Waals surface area contributed by atoms with Gasteiger partial charge in [0.15, 0.2) is 5.60 Å². The highest BCUT2D eigenvalue weighted by Gasteiger charge is 2.65. The van der Waals surface area contributed by atoms with Gasteiger partial charge in [-0.3, -0.25) is 4.79 Å². The van der Waals surface area contributed by atoms with Crippen LogP contribution in [0.2, 0.25) is 0 Å². The Morgan fingerprint density at radius 2 is 1.86 bits per heavy atom. The topological polar surface area (TPSA) is 43.8 Å². The Hall–Kier alpha value is -2.28. The number of halogens is 3. The largest absolute Gasteiger partial charge is 0.422 e. The molecule has 1 amide bonds. The number of aliphatic hydroxyl groups is 1. The molecule has 1 N–H and O–H groups in total. The Morgan fingerprint density at radius 3 is 2.50 bits per heavy atom. The molecule has 2 aliphatic carbocycles. The first kappa shape index (κ1) is 19.1. The first-order valence-electron chi connectivity index (χ1n) is 9.58. The van der Waals surface area contributed by atoms with Crippen LogP contribution in [0.15, 0.2) is 42.5 Å². The molecule has 28 heavy (non-hydrogen) atoms. The average Bonchev–Trinajstić information content (AvgIpc) is 2.97. The Labute approximate surface area is 161 Å². The standard InChI is InChI=1S/C21H23F3N2O2/c1-2-19(27)26-11-9-25(10-12-26)14-7-8-16-15-5-3-4-6-17(15)20(28,18(16)13-14)21(22,23)24/h3-8,13,15,17,28H,2,9-12H2,1H3. The lowest BCUT2D eigenvalue weighted by Gasteiger charge is -2.37. The predicted octanol–water partition coefficient (Wildman–Crippen LogP) is 3.33. The fourth-order valence-electron chi connectivity index (χ4n) is 4.62. The van der Waals surface area contributed by atoms with E-state index < -0.39 is 23.6 Å². The van der Waals surface area contributed by atoms with Crippen LogP contribution in [-0.4, -0.2) is 48.3 Å². The second-order valence-electron chi connectivity index (χ2n) is 7.58. The maximum Gasteiger partial charge on any atom is 0.422 e. The van der Waals surface area contributed by atoms with Gasteiger partial charge in [-0.05, 0) is 23.3 Å². The number of nitrogens with zero attached hydrogens (tertiary/aromatic N) is 2. The summed E-state index contributed by atoms with van der Waals surface area (Å²) in [5, 5.41) is 10.9. The van der Waals surface area contributed by atoms with Crippen LogP contribution < -0.4 is 4.90 Å². The van der Waals surface area contributed by atoms with Crippen molar-refractivity contribution in [3.8, 4) is 0 Å². The SMILES string of the molecule is CCC(=O)N1CCN(c2ccc3c(c2)C(O)(C(F)(F)F)C2C=CC=CC32)CC1. The van der Waals surface area contributed by atoms with Crippen molar-refractivity contribution in [2.24, 2.45) is 5.92 Å². The first-order chi connectivity index (χ1) is 13.3. The number of anilines is 1. The summed E-state index contributed by atoms with van der Waals surface area (Å²) in [5.41, 5.74) is -1.79. The van der Waals surface area contributed by atoms with E-state index in [0.29, 0.717) is 43.9 Å². The highest BCUT2D eigenvalue weighted by Crippen LogP contribution is 2.58. The van der Waals surface area contributed by atoms with Crippen LogP contribution in [0.4, 0.5) is 18.9 Å². The van der Waals surface area contributed by atoms with E-state index >= 15 is 0 Å². The van der Waals surface area contributed by atoms with Gasteiger partial charge in [0.05, 0.1) is 0 Å². The zero-order valence-electron chi connectivity index (χ0n) is 15.6. The molecule has 0 bridgehead atoms. The third-order valence-corrected chi connectivity index (χ3v) is 6.16. The summed E-state index contributed by atoms with van der Waals surface area (Å²) in [4.78, 5) is 15.6. The van der Waals surface area contributed by atoms with E-state index in [9.17, 15) is 23.1 Å². The Balaban J connectivity index is 1.67. The first-order valence-corrected chi connectivity index (χ1v) is 9.58. The molecule has 1 fully saturated rings. The van der Waals surface area contributed by atoms with Crippen molar-refractivity contribution in [1.82, 2.24) is 4.90 Å². The lowest BCUT2D eigenvalue weighted by atomic mass is 9.80. The molecule has 1 aromatic rings. The zero-order chi connectivity index (χ0) is 20.1. The molecule has 150 valence electrons. The predicted molar refractivity (Wildman–Crippen MR) is 100.0 cm³/mol. The average molecular weight is 392 g/mol. The Kier molecular flexibility index (Phi) is 4.53. The van der Waals surface area contributed by atoms with Crippen LogP contribution in [0.3, 0.4) is 0 Å². The molecule has 4 nitrogen and oxygen atoms in total. The highest BCUT2D eigenvalue weighted by atomic mass is 19.4. The van der Waals surface area contributed by atoms with Gasteiger partial charge in [-0.2, -0.15) is 13.2 Å². The van der Waals surface area contributed by atoms with E-state index in [1.165, 1.54) is 12.1 Å². The quantitative estimate of drug-likeness (QED) is 0.840. The number of carbonyl (C=O) groups is 1. The second-order valence-corrected chi connectivity index (χ2v) is 7.58. The third-order valence-electron chi connectivity index (χ3n) is 6.16. The molecule has 0 radical (unpaired) electrons. The fraction of sp³-hybridized carbons (Fsp3) is 0.476. The number of hydrogen-bond acceptors (Lipinski definition) is 3. The number of rotatable bonds is 2. The van der Waals surface area contributed by atoms with E-state index in [2.05, 4.69) is 0 Å². The minimum atomic E-state index is -4.78. The van der Waals surface area contributed by atoms with Gasteiger partial charge in [-0.25, -0.2) is 0 Å². The van der Waals surface area contributed by atoms with Gasteiger partial charge in [0.25, 0.3) is 0 Å². The number of fused-ring (bicyclic) bond motifs is 3. The van der Waals surface area contributed by atoms with Crippen LogP contribution in [0.5, 0.6) is 0 Å². The molecular weight excluding hydrogens is 369 g/mol. The van der Waals surface area contributed by atoms with E-state index in [0.717, 1.165) is 0 Å². The molecule has 1 aromatic carbocycles. The van der Waals surface area contributed by atoms with Crippen LogP contribution in [0.1, 0.15) is 30.4 Å². The number of carbonyl (C=O) groups excluding carboxylic acids is 1. The van der Waals surface area contributed by atoms with E-state index in [-0.39, 0.29) is 11.5 Å². The van der Waals surface area contributed by atoms with Gasteiger partial charge in [0, 0.05) is 50.1 Å². The number of benzene rings is 1. The fourth-order valence-corrected chi connectivity index (χ4v) is 4.62. The monoisotopic (exact) mass is 392 g/mol. The Bertz CT molecular complexity index is 841. The zero-order valence-corrected chi connectivity index (χ0v) is 15.6. The van der Waals surface area contributed by atoms with Crippen molar-refractivity contribution in [3.05, 3.63) is 53.6 Å².